The first-order valence-electron chi connectivity index (χ1n) is 5.22. The smallest absolute Gasteiger partial charge is 0.315 e. The van der Waals surface area contributed by atoms with Crippen LogP contribution in [-0.4, -0.2) is 11.1 Å². The number of hydrogen-bond donors (Lipinski definition) is 1. The molecule has 0 heterocycles. The summed E-state index contributed by atoms with van der Waals surface area (Å²) in [5.74, 6) is -1.62. The first-order valence-corrected chi connectivity index (χ1v) is 5.60. The van der Waals surface area contributed by atoms with Crippen molar-refractivity contribution in [3.05, 3.63) is 70.7 Å². The molecule has 1 N–H and O–H groups in total. The van der Waals surface area contributed by atoms with Gasteiger partial charge in [-0.05, 0) is 17.2 Å². The molecule has 0 radical (unpaired) electrons. The van der Waals surface area contributed by atoms with Gasteiger partial charge in [-0.15, -0.1) is 0 Å². The van der Waals surface area contributed by atoms with E-state index in [9.17, 15) is 9.90 Å². The van der Waals surface area contributed by atoms with Gasteiger partial charge < -0.3 is 5.11 Å². The molecule has 0 aliphatic rings. The molecule has 0 amide bonds. The lowest BCUT2D eigenvalue weighted by Gasteiger charge is -2.14. The Balaban J connectivity index is 2.51. The summed E-state index contributed by atoms with van der Waals surface area (Å²) < 4.78 is 0. The fourth-order valence-corrected chi connectivity index (χ4v) is 2.05. The highest BCUT2D eigenvalue weighted by Crippen LogP contribution is 2.30. The first-order chi connectivity index (χ1) is 8.20. The van der Waals surface area contributed by atoms with Gasteiger partial charge in [-0.3, -0.25) is 4.79 Å². The number of aliphatic carboxylic acids is 1. The molecule has 0 aliphatic heterocycles. The van der Waals surface area contributed by atoms with Crippen LogP contribution in [0.1, 0.15) is 17.0 Å². The van der Waals surface area contributed by atoms with Crippen LogP contribution in [0.3, 0.4) is 0 Å². The Morgan fingerprint density at radius 1 is 1.00 bits per heavy atom. The Bertz CT molecular complexity index is 523. The van der Waals surface area contributed by atoms with Crippen LogP contribution in [0.5, 0.6) is 0 Å². The quantitative estimate of drug-likeness (QED) is 0.899. The summed E-state index contributed by atoms with van der Waals surface area (Å²) in [6.45, 7) is 0. The van der Waals surface area contributed by atoms with E-state index in [1.54, 1.807) is 36.4 Å². The summed E-state index contributed by atoms with van der Waals surface area (Å²) in [7, 11) is 0. The molecule has 0 aromatic heterocycles. The van der Waals surface area contributed by atoms with Gasteiger partial charge in [-0.1, -0.05) is 60.1 Å². The number of hydrogen-bond acceptors (Lipinski definition) is 1. The minimum Gasteiger partial charge on any atom is -0.481 e. The average Bonchev–Trinajstić information content (AvgIpc) is 2.33. The molecule has 17 heavy (non-hydrogen) atoms. The largest absolute Gasteiger partial charge is 0.481 e. The predicted molar refractivity (Wildman–Crippen MR) is 67.4 cm³/mol. The Labute approximate surface area is 104 Å². The summed E-state index contributed by atoms with van der Waals surface area (Å²) in [6, 6.07) is 16.1. The molecule has 0 bridgehead atoms. The van der Waals surface area contributed by atoms with Gasteiger partial charge in [-0.2, -0.15) is 0 Å². The zero-order valence-corrected chi connectivity index (χ0v) is 9.76. The summed E-state index contributed by atoms with van der Waals surface area (Å²) in [5, 5.41) is 9.82. The number of halogens is 1. The first kappa shape index (κ1) is 11.7. The van der Waals surface area contributed by atoms with E-state index >= 15 is 0 Å². The molecule has 0 fully saturated rings. The molecule has 0 aliphatic carbocycles. The molecular weight excluding hydrogens is 236 g/mol. The van der Waals surface area contributed by atoms with Crippen LogP contribution in [0.4, 0.5) is 0 Å². The van der Waals surface area contributed by atoms with Crippen LogP contribution in [0.25, 0.3) is 0 Å². The number of carbonyl (C=O) groups is 1. The lowest BCUT2D eigenvalue weighted by molar-refractivity contribution is -0.137. The fourth-order valence-electron chi connectivity index (χ4n) is 1.81. The fraction of sp³-hybridized carbons (Fsp3) is 0.0714. The standard InChI is InChI=1S/C14H11ClO2/c15-12-9-5-4-8-11(12)13(14(16)17)10-6-2-1-3-7-10/h1-9,13H,(H,16,17)/t13-/m1/s1. The van der Waals surface area contributed by atoms with Crippen LogP contribution in [0.15, 0.2) is 54.6 Å². The molecule has 2 nitrogen and oxygen atoms in total. The van der Waals surface area contributed by atoms with Gasteiger partial charge >= 0.3 is 5.97 Å². The molecule has 2 rings (SSSR count). The zero-order valence-electron chi connectivity index (χ0n) is 9.01. The van der Waals surface area contributed by atoms with Gasteiger partial charge in [0, 0.05) is 5.02 Å². The predicted octanol–water partition coefficient (Wildman–Crippen LogP) is 3.56. The van der Waals surface area contributed by atoms with E-state index in [-0.39, 0.29) is 0 Å². The van der Waals surface area contributed by atoms with Gasteiger partial charge in [0.1, 0.15) is 5.92 Å². The van der Waals surface area contributed by atoms with E-state index in [1.807, 2.05) is 18.2 Å². The normalized spacial score (nSPS) is 12.1. The SMILES string of the molecule is O=C(O)[C@H](c1ccccc1)c1ccccc1Cl. The molecule has 1 atom stereocenters. The van der Waals surface area contributed by atoms with Crippen molar-refractivity contribution in [2.45, 2.75) is 5.92 Å². The van der Waals surface area contributed by atoms with E-state index in [4.69, 9.17) is 11.6 Å². The lowest BCUT2D eigenvalue weighted by atomic mass is 9.91. The second-order valence-electron chi connectivity index (χ2n) is 3.70. The van der Waals surface area contributed by atoms with E-state index in [1.165, 1.54) is 0 Å². The highest BCUT2D eigenvalue weighted by molar-refractivity contribution is 6.31. The summed E-state index contributed by atoms with van der Waals surface area (Å²) in [4.78, 5) is 11.4. The third kappa shape index (κ3) is 2.48. The summed E-state index contributed by atoms with van der Waals surface area (Å²) in [5.41, 5.74) is 1.35. The number of benzene rings is 2. The van der Waals surface area contributed by atoms with Gasteiger partial charge in [0.2, 0.25) is 0 Å². The van der Waals surface area contributed by atoms with Crippen LogP contribution in [0.2, 0.25) is 5.02 Å². The monoisotopic (exact) mass is 246 g/mol. The Kier molecular flexibility index (Phi) is 3.45. The van der Waals surface area contributed by atoms with Crippen LogP contribution >= 0.6 is 11.6 Å². The Morgan fingerprint density at radius 3 is 2.18 bits per heavy atom. The second-order valence-corrected chi connectivity index (χ2v) is 4.11. The maximum atomic E-state index is 11.4. The highest BCUT2D eigenvalue weighted by Gasteiger charge is 2.23. The number of carboxylic acids is 1. The Morgan fingerprint density at radius 2 is 1.59 bits per heavy atom. The molecule has 3 heteroatoms. The van der Waals surface area contributed by atoms with Crippen molar-refractivity contribution in [2.24, 2.45) is 0 Å². The van der Waals surface area contributed by atoms with Crippen LogP contribution in [-0.2, 0) is 4.79 Å². The summed E-state index contributed by atoms with van der Waals surface area (Å²) >= 11 is 6.05. The maximum Gasteiger partial charge on any atom is 0.315 e. The molecule has 0 saturated heterocycles. The van der Waals surface area contributed by atoms with Gasteiger partial charge in [0.05, 0.1) is 0 Å². The minimum atomic E-state index is -0.899. The molecule has 0 saturated carbocycles. The molecule has 0 spiro atoms. The molecule has 2 aromatic carbocycles. The minimum absolute atomic E-state index is 0.476. The Hall–Kier alpha value is -1.80. The maximum absolute atomic E-state index is 11.4. The van der Waals surface area contributed by atoms with Crippen LogP contribution < -0.4 is 0 Å². The molecular formula is C14H11ClO2. The van der Waals surface area contributed by atoms with Crippen molar-refractivity contribution < 1.29 is 9.90 Å². The second kappa shape index (κ2) is 5.02. The topological polar surface area (TPSA) is 37.3 Å². The van der Waals surface area contributed by atoms with Gasteiger partial charge in [-0.25, -0.2) is 0 Å². The van der Waals surface area contributed by atoms with Gasteiger partial charge in [0.25, 0.3) is 0 Å². The molecule has 86 valence electrons. The van der Waals surface area contributed by atoms with Crippen LogP contribution in [0, 0.1) is 0 Å². The van der Waals surface area contributed by atoms with Crippen molar-refractivity contribution in [3.63, 3.8) is 0 Å². The molecule has 2 aromatic rings. The van der Waals surface area contributed by atoms with Crippen molar-refractivity contribution in [1.29, 1.82) is 0 Å². The summed E-state index contributed by atoms with van der Waals surface area (Å²) in [6.07, 6.45) is 0. The van der Waals surface area contributed by atoms with E-state index in [2.05, 4.69) is 0 Å². The number of carboxylic acid groups (broad SMARTS) is 1. The van der Waals surface area contributed by atoms with E-state index < -0.39 is 11.9 Å². The third-order valence-corrected chi connectivity index (χ3v) is 2.94. The lowest BCUT2D eigenvalue weighted by Crippen LogP contribution is -2.13. The van der Waals surface area contributed by atoms with Crippen molar-refractivity contribution in [2.75, 3.05) is 0 Å². The zero-order chi connectivity index (χ0) is 12.3. The highest BCUT2D eigenvalue weighted by atomic mass is 35.5. The third-order valence-electron chi connectivity index (χ3n) is 2.60. The van der Waals surface area contributed by atoms with Crippen molar-refractivity contribution in [1.82, 2.24) is 0 Å². The molecule has 0 unspecified atom stereocenters. The van der Waals surface area contributed by atoms with Gasteiger partial charge in [0.15, 0.2) is 0 Å². The average molecular weight is 247 g/mol. The van der Waals surface area contributed by atoms with E-state index in [0.29, 0.717) is 10.6 Å². The van der Waals surface area contributed by atoms with Crippen molar-refractivity contribution in [3.8, 4) is 0 Å². The van der Waals surface area contributed by atoms with Crippen molar-refractivity contribution >= 4 is 17.6 Å². The van der Waals surface area contributed by atoms with E-state index in [0.717, 1.165) is 5.56 Å². The number of rotatable bonds is 3.